The van der Waals surface area contributed by atoms with Gasteiger partial charge in [0.05, 0.1) is 19.0 Å². The summed E-state index contributed by atoms with van der Waals surface area (Å²) < 4.78 is 35.9. The number of aromatic nitrogens is 7. The first-order valence-electron chi connectivity index (χ1n) is 34.8. The van der Waals surface area contributed by atoms with Crippen molar-refractivity contribution in [2.45, 2.75) is 130 Å². The zero-order valence-corrected chi connectivity index (χ0v) is 69.3. The van der Waals surface area contributed by atoms with E-state index in [4.69, 9.17) is 52.0 Å². The van der Waals surface area contributed by atoms with Crippen molar-refractivity contribution < 1.29 is 56.2 Å². The predicted octanol–water partition coefficient (Wildman–Crippen LogP) is 18.8. The van der Waals surface area contributed by atoms with E-state index in [1.165, 1.54) is 5.56 Å². The summed E-state index contributed by atoms with van der Waals surface area (Å²) in [4.78, 5) is 70.6. The Bertz CT molecular complexity index is 5460. The molecule has 0 aliphatic rings. The van der Waals surface area contributed by atoms with Gasteiger partial charge in [-0.2, -0.15) is 9.80 Å². The molecular weight excluding hydrogens is 1660 g/mol. The first-order valence-corrected chi connectivity index (χ1v) is 38.3. The molecule has 0 aliphatic carbocycles. The molecule has 23 nitrogen and oxygen atoms in total. The molecule has 0 saturated heterocycles. The van der Waals surface area contributed by atoms with Crippen LogP contribution in [0.2, 0.25) is 0 Å². The Morgan fingerprint density at radius 3 is 1.07 bits per heavy atom. The highest BCUT2D eigenvalue weighted by Gasteiger charge is 2.37. The number of hydrogen-bond donors (Lipinski definition) is 5. The maximum absolute atomic E-state index is 13.0. The Kier molecular flexibility index (Phi) is 25.5. The number of nitrogens with zero attached hydrogens (tertiary/aromatic N) is 9. The fraction of sp³-hybridized carbons (Fsp3) is 0.241. The maximum Gasteiger partial charge on any atom is 0.425 e. The summed E-state index contributed by atoms with van der Waals surface area (Å²) in [5.41, 5.74) is 34.4. The molecule has 0 bridgehead atoms. The van der Waals surface area contributed by atoms with Crippen LogP contribution in [0, 0.1) is 0 Å². The van der Waals surface area contributed by atoms with Crippen LogP contribution in [0.3, 0.4) is 0 Å². The molecule has 27 heteroatoms. The second-order valence-electron chi connectivity index (χ2n) is 29.7. The van der Waals surface area contributed by atoms with Crippen molar-refractivity contribution in [3.8, 4) is 11.3 Å². The van der Waals surface area contributed by atoms with Gasteiger partial charge in [0.1, 0.15) is 45.4 Å². The Balaban J connectivity index is 0.000000158. The number of fused-ring (bicyclic) bond motifs is 5. The van der Waals surface area contributed by atoms with Crippen molar-refractivity contribution >= 4 is 182 Å². The molecule has 13 aromatic rings. The van der Waals surface area contributed by atoms with Gasteiger partial charge >= 0.3 is 24.4 Å². The van der Waals surface area contributed by atoms with E-state index in [0.717, 1.165) is 121 Å². The van der Waals surface area contributed by atoms with Crippen LogP contribution in [-0.2, 0) is 43.9 Å². The summed E-state index contributed by atoms with van der Waals surface area (Å²) >= 11 is 14.0. The maximum atomic E-state index is 13.0. The third-order valence-electron chi connectivity index (χ3n) is 16.1. The average molecular weight is 1740 g/mol. The smallest absolute Gasteiger partial charge is 0.425 e. The number of alkyl halides is 1. The number of carbonyl (C=O) groups is 4. The van der Waals surface area contributed by atoms with Crippen molar-refractivity contribution in [3.05, 3.63) is 237 Å². The summed E-state index contributed by atoms with van der Waals surface area (Å²) in [5, 5.41) is 9.23. The van der Waals surface area contributed by atoms with E-state index >= 15 is 0 Å². The lowest BCUT2D eigenvalue weighted by Crippen LogP contribution is -2.44. The fourth-order valence-corrected chi connectivity index (χ4v) is 13.1. The van der Waals surface area contributed by atoms with Gasteiger partial charge in [0.2, 0.25) is 0 Å². The van der Waals surface area contributed by atoms with Gasteiger partial charge < -0.3 is 52.0 Å². The van der Waals surface area contributed by atoms with Gasteiger partial charge in [-0.25, -0.2) is 52.8 Å². The zero-order chi connectivity index (χ0) is 79.7. The van der Waals surface area contributed by atoms with Crippen LogP contribution in [0.15, 0.2) is 219 Å². The Morgan fingerprint density at radius 2 is 0.709 bits per heavy atom. The molecule has 0 radical (unpaired) electrons. The predicted molar refractivity (Wildman–Crippen MR) is 447 cm³/mol. The highest BCUT2D eigenvalue weighted by Crippen LogP contribution is 2.39. The Morgan fingerprint density at radius 1 is 0.391 bits per heavy atom. The number of furan rings is 1. The number of nitrogen functional groups attached to an aromatic ring is 5. The van der Waals surface area contributed by atoms with E-state index in [9.17, 15) is 19.2 Å². The summed E-state index contributed by atoms with van der Waals surface area (Å²) in [5.74, 6) is 1.91. The number of carbonyl (C=O) groups excluding carboxylic acids is 4. The van der Waals surface area contributed by atoms with Gasteiger partial charge in [-0.05, 0) is 178 Å². The van der Waals surface area contributed by atoms with Gasteiger partial charge in [-0.3, -0.25) is 0 Å². The Hall–Kier alpha value is -10.9. The van der Waals surface area contributed by atoms with Crippen molar-refractivity contribution in [1.29, 1.82) is 0 Å². The average Bonchev–Trinajstić information content (AvgIpc) is 1.31. The van der Waals surface area contributed by atoms with Crippen molar-refractivity contribution in [3.63, 3.8) is 0 Å². The number of anilines is 7. The SMILES string of the molecule is CC(C)(C)OC(=O)N(C(=O)OC(C)(C)C)c1ncc2ccc(CBr)cc2c1Br.CC(C)(C)OC(=O)N(C(=O)OC(C)(C)C)c1ncc2ccc(C[n+]3ccc(N)cc3)cc2c1Br.Nc1cc[n+](Cc2ccc3cnc(N)c(-c4cc5ccccc5o4)c3c2)cc1.Nc1cc[n+](Cc2ccc3cnc(N)c(Br)c3c2)cc1. The minimum Gasteiger partial charge on any atom is -0.456 e. The van der Waals surface area contributed by atoms with Gasteiger partial charge in [0.15, 0.2) is 68.5 Å². The number of ether oxygens (including phenoxy) is 4. The molecule has 10 N–H and O–H groups in total. The molecule has 0 unspecified atom stereocenters. The molecule has 0 aliphatic heterocycles. The number of halogens is 4. The van der Waals surface area contributed by atoms with Gasteiger partial charge in [-0.1, -0.05) is 82.7 Å². The van der Waals surface area contributed by atoms with Crippen LogP contribution < -0.4 is 52.2 Å². The second-order valence-corrected chi connectivity index (χ2v) is 32.7. The van der Waals surface area contributed by atoms with E-state index in [-0.39, 0.29) is 11.6 Å². The molecule has 568 valence electrons. The molecule has 0 saturated carbocycles. The number of para-hydroxylation sites is 1. The quantitative estimate of drug-likeness (QED) is 0.0482. The monoisotopic (exact) mass is 1740 g/mol. The first kappa shape index (κ1) is 81.6. The lowest BCUT2D eigenvalue weighted by Gasteiger charge is -2.28. The number of imide groups is 2. The summed E-state index contributed by atoms with van der Waals surface area (Å²) in [7, 11) is 0. The Labute approximate surface area is 671 Å². The van der Waals surface area contributed by atoms with Gasteiger partial charge in [-0.15, -0.1) is 0 Å². The number of amides is 4. The standard InChI is InChI=1S/C25H29BrN4O4.C23H18N4O.C20H24Br2N2O4.C15H13BrN4/c1-24(2,3)33-22(31)30(23(32)34-25(4,5)6)21-20(26)19-13-16(7-8-17(19)14-28-21)15-29-11-9-18(27)10-12-29;24-18-7-9-27(10-8-18)14-15-5-6-17-13-26-23(25)22(19(17)11-15)21-12-16-3-1-2-4-20(16)28-21;1-19(2,3)27-17(25)24(18(26)28-20(4,5)6)16-15(22)14-9-12(10-21)7-8-13(14)11-23-16;16-14-13-7-10(1-2-11(13)8-19-15(14)18)9-20-5-3-12(17)4-6-20/h7-14,27H,15H2,1-6H3;1-13,24H,14H2,(H2,25,26);7-9,11H,10H2,1-6H3;1-8,17H,9H2,(H2,18,19)/p+3. The summed E-state index contributed by atoms with van der Waals surface area (Å²) in [6.45, 7) is 22.8. The summed E-state index contributed by atoms with van der Waals surface area (Å²) in [6, 6.07) is 45.6. The lowest BCUT2D eigenvalue weighted by molar-refractivity contribution is -0.688. The molecule has 0 fully saturated rings. The van der Waals surface area contributed by atoms with Crippen LogP contribution in [0.1, 0.15) is 105 Å². The van der Waals surface area contributed by atoms with E-state index in [1.54, 1.807) is 108 Å². The summed E-state index contributed by atoms with van der Waals surface area (Å²) in [6.07, 6.45) is 15.0. The second kappa shape index (κ2) is 34.4. The minimum atomic E-state index is -0.872. The number of pyridine rings is 7. The molecule has 5 aromatic carbocycles. The fourth-order valence-electron chi connectivity index (χ4n) is 11.1. The molecule has 8 heterocycles. The van der Waals surface area contributed by atoms with Crippen LogP contribution >= 0.6 is 63.7 Å². The topological polar surface area (TPSA) is 318 Å². The largest absolute Gasteiger partial charge is 0.456 e. The number of benzene rings is 5. The number of rotatable bonds is 10. The highest BCUT2D eigenvalue weighted by atomic mass is 79.9. The van der Waals surface area contributed by atoms with Crippen LogP contribution in [0.4, 0.5) is 59.5 Å². The normalized spacial score (nSPS) is 11.6. The molecule has 110 heavy (non-hydrogen) atoms. The molecule has 0 atom stereocenters. The highest BCUT2D eigenvalue weighted by molar-refractivity contribution is 9.11. The van der Waals surface area contributed by atoms with E-state index in [1.807, 2.05) is 145 Å². The number of hydrogen-bond acceptors (Lipinski definition) is 18. The van der Waals surface area contributed by atoms with Crippen LogP contribution in [0.25, 0.3) is 65.4 Å². The minimum absolute atomic E-state index is 0.0910. The lowest BCUT2D eigenvalue weighted by atomic mass is 10.0. The molecule has 4 amide bonds. The third kappa shape index (κ3) is 21.5. The van der Waals surface area contributed by atoms with Gasteiger partial charge in [0, 0.05) is 143 Å². The molecule has 13 rings (SSSR count). The molecular formula is C83H87Br4N14O9+3. The van der Waals surface area contributed by atoms with Crippen molar-refractivity contribution in [1.82, 2.24) is 19.9 Å². The zero-order valence-electron chi connectivity index (χ0n) is 63.0. The van der Waals surface area contributed by atoms with E-state index in [0.29, 0.717) is 38.1 Å². The molecule has 8 aromatic heterocycles. The van der Waals surface area contributed by atoms with Crippen molar-refractivity contribution in [2.24, 2.45) is 0 Å². The van der Waals surface area contributed by atoms with Crippen molar-refractivity contribution in [2.75, 3.05) is 38.5 Å². The first-order chi connectivity index (χ1) is 51.9. The van der Waals surface area contributed by atoms with E-state index < -0.39 is 46.8 Å². The van der Waals surface area contributed by atoms with Crippen LogP contribution in [0.5, 0.6) is 0 Å². The van der Waals surface area contributed by atoms with Crippen LogP contribution in [-0.4, -0.2) is 66.7 Å². The van der Waals surface area contributed by atoms with Gasteiger partial charge in [0.25, 0.3) is 0 Å². The van der Waals surface area contributed by atoms with E-state index in [2.05, 4.69) is 129 Å². The third-order valence-corrected chi connectivity index (χ3v) is 19.1. The number of nitrogens with two attached hydrogens (primary N) is 5. The molecule has 0 spiro atoms.